The largest absolute Gasteiger partial charge is 0.747 e. The number of carbonyl (C=O) groups is 2. The molecule has 0 bridgehead atoms. The lowest BCUT2D eigenvalue weighted by molar-refractivity contribution is -0.368. The zero-order valence-corrected chi connectivity index (χ0v) is 29.9. The van der Waals surface area contributed by atoms with Crippen LogP contribution in [0.4, 0.5) is 0 Å². The number of carboxylic acid groups (broad SMARTS) is 2. The molecule has 0 aliphatic rings. The molecule has 3 atom stereocenters. The molecule has 0 aliphatic carbocycles. The van der Waals surface area contributed by atoms with Gasteiger partial charge in [0, 0.05) is 11.4 Å². The summed E-state index contributed by atoms with van der Waals surface area (Å²) in [6.45, 7) is 17.4. The average Bonchev–Trinajstić information content (AvgIpc) is 2.94. The van der Waals surface area contributed by atoms with E-state index < -0.39 is 32.7 Å². The van der Waals surface area contributed by atoms with Gasteiger partial charge in [-0.05, 0) is 43.9 Å². The van der Waals surface area contributed by atoms with E-state index >= 15 is 0 Å². The average molecular weight is 642 g/mol. The number of quaternary nitrogens is 3. The molecule has 43 heavy (non-hydrogen) atoms. The third kappa shape index (κ3) is 25.7. The van der Waals surface area contributed by atoms with Crippen molar-refractivity contribution in [3.8, 4) is 0 Å². The van der Waals surface area contributed by atoms with Crippen LogP contribution in [-0.4, -0.2) is 49.8 Å². The van der Waals surface area contributed by atoms with Gasteiger partial charge in [0.2, 0.25) is 0 Å². The molecule has 10 nitrogen and oxygen atoms in total. The molecule has 0 aromatic rings. The fraction of sp³-hybridized carbons (Fsp3) is 0.938. The maximum absolute atomic E-state index is 12.3. The topological polar surface area (TPSA) is 220 Å². The fourth-order valence-corrected chi connectivity index (χ4v) is 5.93. The standard InChI is InChI=1S/C20H38O7S.3C4H11N/c1-5-9-11-15(7-3)13-20(19(23)24,14-16(8-4)12-10-6-2)17(18(21)22)28(25,26)27;3*1-2-3-4-5/h15-17H,5-14H2,1-4H3,(H,21,22)(H,23,24)(H,25,26,27);3*2-5H2,1H3. The third-order valence-corrected chi connectivity index (χ3v) is 8.84. The number of carboxylic acids is 2. The van der Waals surface area contributed by atoms with Crippen molar-refractivity contribution < 1.29 is 50.0 Å². The van der Waals surface area contributed by atoms with E-state index in [1.54, 1.807) is 0 Å². The summed E-state index contributed by atoms with van der Waals surface area (Å²) in [6.07, 6.45) is 13.0. The lowest BCUT2D eigenvalue weighted by Crippen LogP contribution is -2.60. The molecule has 0 amide bonds. The first-order valence-corrected chi connectivity index (χ1v) is 18.5. The van der Waals surface area contributed by atoms with Gasteiger partial charge < -0.3 is 41.6 Å². The van der Waals surface area contributed by atoms with Gasteiger partial charge in [0.05, 0.1) is 30.9 Å². The highest BCUT2D eigenvalue weighted by Crippen LogP contribution is 2.43. The first kappa shape index (κ1) is 48.6. The second-order valence-electron chi connectivity index (χ2n) is 11.5. The van der Waals surface area contributed by atoms with Crippen LogP contribution in [-0.2, 0) is 19.7 Å². The van der Waals surface area contributed by atoms with E-state index in [0.29, 0.717) is 25.7 Å². The van der Waals surface area contributed by atoms with Gasteiger partial charge in [0.25, 0.3) is 0 Å². The van der Waals surface area contributed by atoms with Gasteiger partial charge in [-0.2, -0.15) is 0 Å². The zero-order valence-electron chi connectivity index (χ0n) is 29.1. The summed E-state index contributed by atoms with van der Waals surface area (Å²) in [5, 5.41) is 21.3. The molecule has 0 saturated carbocycles. The zero-order chi connectivity index (χ0) is 34.3. The first-order chi connectivity index (χ1) is 20.2. The van der Waals surface area contributed by atoms with Crippen LogP contribution in [0.5, 0.6) is 0 Å². The highest BCUT2D eigenvalue weighted by molar-refractivity contribution is 7.87. The van der Waals surface area contributed by atoms with Gasteiger partial charge in [-0.25, -0.2) is 8.42 Å². The maximum atomic E-state index is 12.3. The quantitative estimate of drug-likeness (QED) is 0.148. The van der Waals surface area contributed by atoms with Crippen molar-refractivity contribution in [2.45, 2.75) is 156 Å². The molecule has 0 rings (SSSR count). The second-order valence-corrected chi connectivity index (χ2v) is 13.0. The lowest BCUT2D eigenvalue weighted by atomic mass is 9.68. The van der Waals surface area contributed by atoms with Crippen molar-refractivity contribution in [3.05, 3.63) is 0 Å². The molecule has 9 N–H and O–H groups in total. The summed E-state index contributed by atoms with van der Waals surface area (Å²) < 4.78 is 35.5. The number of unbranched alkanes of at least 4 members (excludes halogenated alkanes) is 5. The fourth-order valence-electron chi connectivity index (χ4n) is 4.86. The lowest BCUT2D eigenvalue weighted by Gasteiger charge is -2.46. The van der Waals surface area contributed by atoms with Crippen molar-refractivity contribution in [2.75, 3.05) is 19.6 Å². The molecule has 0 heterocycles. The monoisotopic (exact) mass is 642 g/mol. The Balaban J connectivity index is -0.000000413. The van der Waals surface area contributed by atoms with E-state index in [0.717, 1.165) is 45.3 Å². The van der Waals surface area contributed by atoms with Gasteiger partial charge in [0.15, 0.2) is 0 Å². The van der Waals surface area contributed by atoms with Gasteiger partial charge in [-0.15, -0.1) is 0 Å². The minimum Gasteiger partial charge on any atom is -0.747 e. The van der Waals surface area contributed by atoms with Crippen molar-refractivity contribution >= 4 is 22.1 Å². The smallest absolute Gasteiger partial charge is 0.104 e. The molecule has 0 radical (unpaired) electrons. The number of rotatable bonds is 22. The minimum absolute atomic E-state index is 0.214. The first-order valence-electron chi connectivity index (χ1n) is 17.0. The van der Waals surface area contributed by atoms with Crippen molar-refractivity contribution in [1.82, 2.24) is 0 Å². The summed E-state index contributed by atoms with van der Waals surface area (Å²) in [4.78, 5) is 23.9. The van der Waals surface area contributed by atoms with Crippen molar-refractivity contribution in [1.29, 1.82) is 0 Å². The van der Waals surface area contributed by atoms with Crippen LogP contribution < -0.4 is 27.4 Å². The van der Waals surface area contributed by atoms with Crippen LogP contribution in [0.15, 0.2) is 0 Å². The van der Waals surface area contributed by atoms with Crippen LogP contribution in [0, 0.1) is 17.3 Å². The predicted molar refractivity (Wildman–Crippen MR) is 170 cm³/mol. The van der Waals surface area contributed by atoms with E-state index in [2.05, 4.69) is 38.0 Å². The normalized spacial score (nSPS) is 14.3. The Bertz CT molecular complexity index is 698. The maximum Gasteiger partial charge on any atom is 0.104 e. The molecule has 0 fully saturated rings. The van der Waals surface area contributed by atoms with Crippen LogP contribution >= 0.6 is 0 Å². The molecule has 0 aromatic heterocycles. The van der Waals surface area contributed by atoms with Gasteiger partial charge in [0.1, 0.15) is 10.1 Å². The highest BCUT2D eigenvalue weighted by atomic mass is 32.2. The number of hydrogen-bond donors (Lipinski definition) is 3. The van der Waals surface area contributed by atoms with Gasteiger partial charge in [-0.1, -0.05) is 119 Å². The van der Waals surface area contributed by atoms with Crippen LogP contribution in [0.1, 0.15) is 151 Å². The highest BCUT2D eigenvalue weighted by Gasteiger charge is 2.47. The molecular weight excluding hydrogens is 570 g/mol. The Morgan fingerprint density at radius 1 is 0.628 bits per heavy atom. The van der Waals surface area contributed by atoms with Gasteiger partial charge >= 0.3 is 0 Å². The Morgan fingerprint density at radius 3 is 1.07 bits per heavy atom. The molecular formula is C32H71N3O7S. The van der Waals surface area contributed by atoms with E-state index in [4.69, 9.17) is 0 Å². The molecule has 262 valence electrons. The Morgan fingerprint density at radius 2 is 0.930 bits per heavy atom. The molecule has 11 heteroatoms. The molecule has 0 saturated heterocycles. The summed E-state index contributed by atoms with van der Waals surface area (Å²) in [6, 6.07) is 0. The van der Waals surface area contributed by atoms with Crippen LogP contribution in [0.3, 0.4) is 0 Å². The second kappa shape index (κ2) is 32.1. The van der Waals surface area contributed by atoms with Crippen LogP contribution in [0.2, 0.25) is 0 Å². The van der Waals surface area contributed by atoms with E-state index in [-0.39, 0.29) is 24.7 Å². The van der Waals surface area contributed by atoms with E-state index in [1.165, 1.54) is 38.5 Å². The predicted octanol–water partition coefficient (Wildman–Crippen LogP) is 1.68. The molecule has 0 spiro atoms. The van der Waals surface area contributed by atoms with Crippen LogP contribution in [0.25, 0.3) is 0 Å². The molecule has 3 unspecified atom stereocenters. The minimum atomic E-state index is -5.45. The van der Waals surface area contributed by atoms with Gasteiger partial charge in [-0.3, -0.25) is 0 Å². The molecule has 0 aromatic carbocycles. The summed E-state index contributed by atoms with van der Waals surface area (Å²) in [5.74, 6) is -4.38. The van der Waals surface area contributed by atoms with E-state index in [1.807, 2.05) is 27.7 Å². The van der Waals surface area contributed by atoms with Crippen molar-refractivity contribution in [2.24, 2.45) is 17.3 Å². The van der Waals surface area contributed by atoms with E-state index in [9.17, 15) is 32.8 Å². The summed E-state index contributed by atoms with van der Waals surface area (Å²) >= 11 is 0. The third-order valence-electron chi connectivity index (χ3n) is 7.61. The summed E-state index contributed by atoms with van der Waals surface area (Å²) in [7, 11) is -5.45. The Labute approximate surface area is 265 Å². The number of aliphatic carboxylic acids is 2. The molecule has 0 aliphatic heterocycles. The summed E-state index contributed by atoms with van der Waals surface area (Å²) in [5.41, 5.74) is 8.74. The Kier molecular flexibility index (Phi) is 36.3. The number of hydrogen-bond acceptors (Lipinski definition) is 7. The Hall–Kier alpha value is -1.27. The van der Waals surface area contributed by atoms with Crippen molar-refractivity contribution in [3.63, 3.8) is 0 Å². The number of carbonyl (C=O) groups excluding carboxylic acids is 2. The SMILES string of the molecule is CCCCC(CC)CC(CC(CC)CCCC)(C(=O)[O-])C(C(=O)[O-])S(=O)(=O)[O-].CCCC[NH3+].CCCC[NH3+].CCCC[NH3+].